The molecule has 0 amide bonds. The highest BCUT2D eigenvalue weighted by atomic mass is 35.5. The molecule has 0 atom stereocenters. The van der Waals surface area contributed by atoms with Gasteiger partial charge in [0.2, 0.25) is 0 Å². The Bertz CT molecular complexity index is 304. The van der Waals surface area contributed by atoms with Crippen molar-refractivity contribution in [2.75, 3.05) is 12.9 Å². The fourth-order valence-corrected chi connectivity index (χ4v) is 1.63. The molecule has 0 aromatic heterocycles. The summed E-state index contributed by atoms with van der Waals surface area (Å²) in [6.45, 7) is 2.20. The summed E-state index contributed by atoms with van der Waals surface area (Å²) in [5.41, 5.74) is 0. The molecule has 0 aliphatic heterocycles. The van der Waals surface area contributed by atoms with Gasteiger partial charge in [-0.15, -0.1) is 11.8 Å². The minimum Gasteiger partial charge on any atom is -0.489 e. The van der Waals surface area contributed by atoms with Gasteiger partial charge in [-0.3, -0.25) is 0 Å². The number of thioether (sulfide) groups is 1. The first-order valence-corrected chi connectivity index (χ1v) is 5.45. The Morgan fingerprint density at radius 1 is 1.54 bits per heavy atom. The monoisotopic (exact) mass is 220 g/mol. The molecule has 0 radical (unpaired) electrons. The molecule has 1 nitrogen and oxygen atoms in total. The van der Waals surface area contributed by atoms with Crippen molar-refractivity contribution in [3.63, 3.8) is 0 Å². The maximum Gasteiger partial charge on any atom is 0.180 e. The van der Waals surface area contributed by atoms with Crippen LogP contribution >= 0.6 is 23.4 Å². The number of halogens is 2. The lowest BCUT2D eigenvalue weighted by atomic mass is 10.3. The van der Waals surface area contributed by atoms with Crippen LogP contribution in [0.4, 0.5) is 4.39 Å². The highest BCUT2D eigenvalue weighted by Gasteiger charge is 2.12. The summed E-state index contributed by atoms with van der Waals surface area (Å²) in [6.07, 6.45) is 1.81. The summed E-state index contributed by atoms with van der Waals surface area (Å²) in [5.74, 6) is -0.224. The van der Waals surface area contributed by atoms with Gasteiger partial charge in [0.15, 0.2) is 11.6 Å². The number of benzene rings is 1. The van der Waals surface area contributed by atoms with E-state index in [-0.39, 0.29) is 11.6 Å². The predicted molar refractivity (Wildman–Crippen MR) is 54.4 cm³/mol. The number of hydrogen-bond acceptors (Lipinski definition) is 2. The zero-order valence-corrected chi connectivity index (χ0v) is 9.01. The maximum atomic E-state index is 13.5. The number of rotatable bonds is 3. The molecule has 1 rings (SSSR count). The first-order chi connectivity index (χ1) is 6.20. The highest BCUT2D eigenvalue weighted by molar-refractivity contribution is 7.98. The maximum absolute atomic E-state index is 13.5. The van der Waals surface area contributed by atoms with E-state index in [0.29, 0.717) is 16.5 Å². The Hall–Kier alpha value is -0.410. The molecule has 1 aromatic carbocycles. The van der Waals surface area contributed by atoms with Crippen LogP contribution in [0.5, 0.6) is 5.75 Å². The van der Waals surface area contributed by atoms with Crippen molar-refractivity contribution in [1.29, 1.82) is 0 Å². The summed E-state index contributed by atoms with van der Waals surface area (Å²) in [7, 11) is 0. The lowest BCUT2D eigenvalue weighted by molar-refractivity contribution is 0.318. The average Bonchev–Trinajstić information content (AvgIpc) is 2.12. The molecule has 0 saturated heterocycles. The van der Waals surface area contributed by atoms with Crippen LogP contribution in [0.2, 0.25) is 5.02 Å². The standard InChI is InChI=1S/C9H10ClFOS/c1-3-12-9-6(10)4-5-7(13-2)8(9)11/h4-5H,3H2,1-2H3. The third kappa shape index (κ3) is 2.29. The van der Waals surface area contributed by atoms with E-state index >= 15 is 0 Å². The van der Waals surface area contributed by atoms with Crippen molar-refractivity contribution >= 4 is 23.4 Å². The molecule has 0 spiro atoms. The van der Waals surface area contributed by atoms with Gasteiger partial charge in [-0.25, -0.2) is 4.39 Å². The van der Waals surface area contributed by atoms with Crippen LogP contribution in [-0.2, 0) is 0 Å². The lowest BCUT2D eigenvalue weighted by Crippen LogP contribution is -1.96. The smallest absolute Gasteiger partial charge is 0.180 e. The second-order valence-electron chi connectivity index (χ2n) is 2.33. The van der Waals surface area contributed by atoms with Crippen molar-refractivity contribution in [2.24, 2.45) is 0 Å². The van der Waals surface area contributed by atoms with Gasteiger partial charge < -0.3 is 4.74 Å². The molecule has 0 saturated carbocycles. The quantitative estimate of drug-likeness (QED) is 0.720. The van der Waals surface area contributed by atoms with Crippen LogP contribution < -0.4 is 4.74 Å². The lowest BCUT2D eigenvalue weighted by Gasteiger charge is -2.08. The van der Waals surface area contributed by atoms with Crippen molar-refractivity contribution in [1.82, 2.24) is 0 Å². The first-order valence-electron chi connectivity index (χ1n) is 3.85. The van der Waals surface area contributed by atoms with Crippen LogP contribution in [0.3, 0.4) is 0 Å². The molecule has 0 aliphatic rings. The summed E-state index contributed by atoms with van der Waals surface area (Å²) < 4.78 is 18.6. The number of hydrogen-bond donors (Lipinski definition) is 0. The van der Waals surface area contributed by atoms with Crippen LogP contribution in [-0.4, -0.2) is 12.9 Å². The summed E-state index contributed by atoms with van der Waals surface area (Å²) in [5, 5.41) is 0.317. The molecule has 0 unspecified atom stereocenters. The van der Waals surface area contributed by atoms with Crippen molar-refractivity contribution in [2.45, 2.75) is 11.8 Å². The molecule has 0 N–H and O–H groups in total. The van der Waals surface area contributed by atoms with Crippen molar-refractivity contribution in [3.8, 4) is 5.75 Å². The minimum atomic E-state index is -0.373. The predicted octanol–water partition coefficient (Wildman–Crippen LogP) is 3.60. The van der Waals surface area contributed by atoms with Crippen molar-refractivity contribution in [3.05, 3.63) is 23.0 Å². The molecule has 0 fully saturated rings. The van der Waals surface area contributed by atoms with E-state index < -0.39 is 0 Å². The highest BCUT2D eigenvalue weighted by Crippen LogP contribution is 2.33. The van der Waals surface area contributed by atoms with Crippen molar-refractivity contribution < 1.29 is 9.13 Å². The van der Waals surface area contributed by atoms with E-state index in [0.717, 1.165) is 0 Å². The Kier molecular flexibility index (Phi) is 3.88. The van der Waals surface area contributed by atoms with Gasteiger partial charge in [-0.1, -0.05) is 11.6 Å². The van der Waals surface area contributed by atoms with Gasteiger partial charge in [0.1, 0.15) is 0 Å². The van der Waals surface area contributed by atoms with E-state index in [2.05, 4.69) is 0 Å². The molecule has 0 heterocycles. The van der Waals surface area contributed by atoms with E-state index in [1.807, 2.05) is 6.26 Å². The topological polar surface area (TPSA) is 9.23 Å². The Labute approximate surface area is 86.2 Å². The molecule has 72 valence electrons. The van der Waals surface area contributed by atoms with Crippen LogP contribution in [0, 0.1) is 5.82 Å². The second kappa shape index (κ2) is 4.72. The third-order valence-electron chi connectivity index (χ3n) is 1.52. The summed E-state index contributed by atoms with van der Waals surface area (Å²) in [6, 6.07) is 3.28. The molecule has 1 aromatic rings. The van der Waals surface area contributed by atoms with E-state index in [9.17, 15) is 4.39 Å². The normalized spacial score (nSPS) is 10.2. The zero-order valence-electron chi connectivity index (χ0n) is 7.43. The molecular weight excluding hydrogens is 211 g/mol. The third-order valence-corrected chi connectivity index (χ3v) is 2.57. The van der Waals surface area contributed by atoms with E-state index in [1.54, 1.807) is 19.1 Å². The van der Waals surface area contributed by atoms with Gasteiger partial charge in [-0.2, -0.15) is 0 Å². The molecule has 4 heteroatoms. The Balaban J connectivity index is 3.13. The Morgan fingerprint density at radius 3 is 2.77 bits per heavy atom. The fraction of sp³-hybridized carbons (Fsp3) is 0.333. The summed E-state index contributed by atoms with van der Waals surface area (Å²) in [4.78, 5) is 0.549. The van der Waals surface area contributed by atoms with Gasteiger partial charge >= 0.3 is 0 Å². The fourth-order valence-electron chi connectivity index (χ4n) is 0.949. The largest absolute Gasteiger partial charge is 0.489 e. The Morgan fingerprint density at radius 2 is 2.23 bits per heavy atom. The van der Waals surface area contributed by atoms with E-state index in [4.69, 9.17) is 16.3 Å². The minimum absolute atomic E-state index is 0.149. The first kappa shape index (κ1) is 10.7. The average molecular weight is 221 g/mol. The van der Waals surface area contributed by atoms with Gasteiger partial charge in [0.25, 0.3) is 0 Å². The molecular formula is C9H10ClFOS. The van der Waals surface area contributed by atoms with Gasteiger partial charge in [0, 0.05) is 4.90 Å². The molecule has 0 bridgehead atoms. The van der Waals surface area contributed by atoms with Gasteiger partial charge in [-0.05, 0) is 25.3 Å². The van der Waals surface area contributed by atoms with Crippen LogP contribution in [0.15, 0.2) is 17.0 Å². The zero-order chi connectivity index (χ0) is 9.84. The van der Waals surface area contributed by atoms with Crippen LogP contribution in [0.25, 0.3) is 0 Å². The molecule has 0 aliphatic carbocycles. The SMILES string of the molecule is CCOc1c(Cl)ccc(SC)c1F. The summed E-state index contributed by atoms with van der Waals surface area (Å²) >= 11 is 7.09. The van der Waals surface area contributed by atoms with Gasteiger partial charge in [0.05, 0.1) is 11.6 Å². The van der Waals surface area contributed by atoms with Crippen LogP contribution in [0.1, 0.15) is 6.92 Å². The second-order valence-corrected chi connectivity index (χ2v) is 3.58. The number of ether oxygens (including phenoxy) is 1. The van der Waals surface area contributed by atoms with E-state index in [1.165, 1.54) is 11.8 Å². The molecule has 13 heavy (non-hydrogen) atoms.